The van der Waals surface area contributed by atoms with Crippen molar-refractivity contribution in [2.45, 2.75) is 46.6 Å². The van der Waals surface area contributed by atoms with E-state index >= 15 is 0 Å². The normalized spacial score (nSPS) is 10.8. The van der Waals surface area contributed by atoms with Crippen molar-refractivity contribution in [2.75, 3.05) is 5.32 Å². The Bertz CT molecular complexity index is 334. The van der Waals surface area contributed by atoms with E-state index in [1.807, 2.05) is 13.8 Å². The molecular formula is C10H19N5O. The van der Waals surface area contributed by atoms with Gasteiger partial charge in [0.1, 0.15) is 0 Å². The first kappa shape index (κ1) is 12.6. The number of rotatable bonds is 6. The van der Waals surface area contributed by atoms with Gasteiger partial charge in [-0.2, -0.15) is 4.80 Å². The molecule has 0 atom stereocenters. The van der Waals surface area contributed by atoms with Crippen molar-refractivity contribution in [2.24, 2.45) is 5.92 Å². The predicted molar refractivity (Wildman–Crippen MR) is 60.8 cm³/mol. The van der Waals surface area contributed by atoms with Gasteiger partial charge in [-0.25, -0.2) is 0 Å². The minimum absolute atomic E-state index is 0.0648. The Morgan fingerprint density at radius 3 is 2.88 bits per heavy atom. The highest BCUT2D eigenvalue weighted by atomic mass is 16.1. The maximum Gasteiger partial charge on any atom is 0.270 e. The van der Waals surface area contributed by atoms with E-state index in [1.54, 1.807) is 0 Å². The Labute approximate surface area is 95.4 Å². The van der Waals surface area contributed by atoms with Crippen LogP contribution in [-0.4, -0.2) is 26.1 Å². The monoisotopic (exact) mass is 225 g/mol. The first-order valence-electron chi connectivity index (χ1n) is 5.69. The summed E-state index contributed by atoms with van der Waals surface area (Å²) in [5.41, 5.74) is 0. The average Bonchev–Trinajstić information content (AvgIpc) is 2.61. The molecule has 0 aliphatic rings. The fourth-order valence-electron chi connectivity index (χ4n) is 1.23. The van der Waals surface area contributed by atoms with E-state index < -0.39 is 0 Å². The van der Waals surface area contributed by atoms with E-state index in [4.69, 9.17) is 0 Å². The molecule has 0 saturated carbocycles. The zero-order valence-electron chi connectivity index (χ0n) is 10.1. The van der Waals surface area contributed by atoms with E-state index in [2.05, 4.69) is 27.7 Å². The number of amides is 1. The van der Waals surface area contributed by atoms with Crippen molar-refractivity contribution < 1.29 is 4.79 Å². The number of aryl methyl sites for hydroxylation is 1. The topological polar surface area (TPSA) is 72.7 Å². The van der Waals surface area contributed by atoms with Crippen LogP contribution in [0.4, 0.5) is 5.95 Å². The van der Waals surface area contributed by atoms with Crippen molar-refractivity contribution in [3.63, 3.8) is 0 Å². The zero-order chi connectivity index (χ0) is 12.0. The van der Waals surface area contributed by atoms with Gasteiger partial charge in [-0.15, -0.1) is 5.10 Å². The zero-order valence-corrected chi connectivity index (χ0v) is 10.1. The number of nitrogens with zero attached hydrogens (tertiary/aromatic N) is 4. The number of unbranched alkanes of at least 4 members (excludes halogenated alkanes) is 1. The van der Waals surface area contributed by atoms with Gasteiger partial charge in [0.05, 0.1) is 6.54 Å². The van der Waals surface area contributed by atoms with E-state index in [-0.39, 0.29) is 5.91 Å². The van der Waals surface area contributed by atoms with Crippen molar-refractivity contribution in [3.05, 3.63) is 0 Å². The third-order valence-electron chi connectivity index (χ3n) is 2.01. The second-order valence-corrected chi connectivity index (χ2v) is 4.21. The van der Waals surface area contributed by atoms with Crippen LogP contribution in [0.1, 0.15) is 40.0 Å². The maximum atomic E-state index is 11.4. The summed E-state index contributed by atoms with van der Waals surface area (Å²) >= 11 is 0. The molecule has 0 fully saturated rings. The molecule has 1 aromatic heterocycles. The number of hydrogen-bond donors (Lipinski definition) is 1. The van der Waals surface area contributed by atoms with Crippen molar-refractivity contribution in [3.8, 4) is 0 Å². The van der Waals surface area contributed by atoms with E-state index in [1.165, 1.54) is 4.80 Å². The van der Waals surface area contributed by atoms with Gasteiger partial charge in [0.2, 0.25) is 5.91 Å². The number of hydrogen-bond acceptors (Lipinski definition) is 4. The summed E-state index contributed by atoms with van der Waals surface area (Å²) < 4.78 is 0. The number of anilines is 1. The molecule has 1 rings (SSSR count). The highest BCUT2D eigenvalue weighted by Gasteiger charge is 2.08. The van der Waals surface area contributed by atoms with Gasteiger partial charge in [-0.3, -0.25) is 10.1 Å². The van der Waals surface area contributed by atoms with Gasteiger partial charge >= 0.3 is 0 Å². The number of tetrazole rings is 1. The van der Waals surface area contributed by atoms with Crippen LogP contribution in [0.5, 0.6) is 0 Å². The van der Waals surface area contributed by atoms with Crippen LogP contribution >= 0.6 is 0 Å². The van der Waals surface area contributed by atoms with Crippen LogP contribution in [0.2, 0.25) is 0 Å². The Morgan fingerprint density at radius 2 is 2.25 bits per heavy atom. The van der Waals surface area contributed by atoms with Gasteiger partial charge in [0, 0.05) is 6.42 Å². The highest BCUT2D eigenvalue weighted by molar-refractivity contribution is 5.88. The second kappa shape index (κ2) is 6.19. The third-order valence-corrected chi connectivity index (χ3v) is 2.01. The van der Waals surface area contributed by atoms with Crippen LogP contribution in [0, 0.1) is 5.92 Å². The van der Waals surface area contributed by atoms with Crippen molar-refractivity contribution >= 4 is 11.9 Å². The standard InChI is InChI=1S/C10H19N5O/c1-4-5-6-15-13-10(12-14-15)11-9(16)7-8(2)3/h8H,4-7H2,1-3H3,(H,11,13,16). The molecule has 1 N–H and O–H groups in total. The average molecular weight is 225 g/mol. The van der Waals surface area contributed by atoms with Crippen LogP contribution < -0.4 is 5.32 Å². The van der Waals surface area contributed by atoms with Crippen molar-refractivity contribution in [1.29, 1.82) is 0 Å². The number of carbonyl (C=O) groups is 1. The van der Waals surface area contributed by atoms with Crippen molar-refractivity contribution in [1.82, 2.24) is 20.2 Å². The van der Waals surface area contributed by atoms with Gasteiger partial charge in [-0.1, -0.05) is 32.3 Å². The SMILES string of the molecule is CCCCn1nnc(NC(=O)CC(C)C)n1. The van der Waals surface area contributed by atoms with Crippen LogP contribution in [0.3, 0.4) is 0 Å². The summed E-state index contributed by atoms with van der Waals surface area (Å²) in [5.74, 6) is 0.557. The molecule has 16 heavy (non-hydrogen) atoms. The van der Waals surface area contributed by atoms with Gasteiger partial charge in [0.25, 0.3) is 5.95 Å². The lowest BCUT2D eigenvalue weighted by Gasteiger charge is -2.02. The molecule has 0 radical (unpaired) electrons. The summed E-state index contributed by atoms with van der Waals surface area (Å²) in [6.07, 6.45) is 2.57. The van der Waals surface area contributed by atoms with Gasteiger partial charge < -0.3 is 0 Å². The Hall–Kier alpha value is -1.46. The molecule has 1 aromatic rings. The fourth-order valence-corrected chi connectivity index (χ4v) is 1.23. The molecule has 0 aromatic carbocycles. The molecule has 6 heteroatoms. The second-order valence-electron chi connectivity index (χ2n) is 4.21. The summed E-state index contributed by atoms with van der Waals surface area (Å²) in [6.45, 7) is 6.82. The summed E-state index contributed by atoms with van der Waals surface area (Å²) in [6, 6.07) is 0. The molecule has 0 spiro atoms. The minimum Gasteiger partial charge on any atom is -0.292 e. The molecule has 1 heterocycles. The Kier molecular flexibility index (Phi) is 4.88. The lowest BCUT2D eigenvalue weighted by Crippen LogP contribution is -2.15. The number of carbonyl (C=O) groups excluding carboxylic acids is 1. The lowest BCUT2D eigenvalue weighted by atomic mass is 10.1. The molecular weight excluding hydrogens is 206 g/mol. The first-order chi connectivity index (χ1) is 7.61. The first-order valence-corrected chi connectivity index (χ1v) is 5.69. The molecule has 0 bridgehead atoms. The molecule has 90 valence electrons. The number of nitrogens with one attached hydrogen (secondary N) is 1. The smallest absolute Gasteiger partial charge is 0.270 e. The quantitative estimate of drug-likeness (QED) is 0.795. The van der Waals surface area contributed by atoms with Gasteiger partial charge in [0.15, 0.2) is 0 Å². The fraction of sp³-hybridized carbons (Fsp3) is 0.800. The largest absolute Gasteiger partial charge is 0.292 e. The lowest BCUT2D eigenvalue weighted by molar-refractivity contribution is -0.116. The predicted octanol–water partition coefficient (Wildman–Crippen LogP) is 1.46. The van der Waals surface area contributed by atoms with Crippen LogP contribution in [0.15, 0.2) is 0 Å². The summed E-state index contributed by atoms with van der Waals surface area (Å²) in [4.78, 5) is 12.9. The number of aromatic nitrogens is 4. The third kappa shape index (κ3) is 4.37. The maximum absolute atomic E-state index is 11.4. The molecule has 6 nitrogen and oxygen atoms in total. The van der Waals surface area contributed by atoms with Crippen LogP contribution in [-0.2, 0) is 11.3 Å². The molecule has 0 aliphatic carbocycles. The highest BCUT2D eigenvalue weighted by Crippen LogP contribution is 2.02. The van der Waals surface area contributed by atoms with E-state index in [9.17, 15) is 4.79 Å². The minimum atomic E-state index is -0.0648. The molecule has 0 saturated heterocycles. The van der Waals surface area contributed by atoms with E-state index in [0.29, 0.717) is 18.3 Å². The Balaban J connectivity index is 2.42. The Morgan fingerprint density at radius 1 is 1.50 bits per heavy atom. The molecule has 0 unspecified atom stereocenters. The van der Waals surface area contributed by atoms with Gasteiger partial charge in [-0.05, 0) is 17.6 Å². The van der Waals surface area contributed by atoms with E-state index in [0.717, 1.165) is 19.4 Å². The summed E-state index contributed by atoms with van der Waals surface area (Å²) in [7, 11) is 0. The summed E-state index contributed by atoms with van der Waals surface area (Å²) in [5, 5.41) is 14.3. The van der Waals surface area contributed by atoms with Crippen LogP contribution in [0.25, 0.3) is 0 Å². The molecule has 0 aliphatic heterocycles. The molecule has 1 amide bonds.